The van der Waals surface area contributed by atoms with Gasteiger partial charge in [-0.05, 0) is 60.2 Å². The van der Waals surface area contributed by atoms with Gasteiger partial charge in [0.15, 0.2) is 6.61 Å². The van der Waals surface area contributed by atoms with Crippen LogP contribution in [-0.4, -0.2) is 24.7 Å². The maximum atomic E-state index is 13.2. The summed E-state index contributed by atoms with van der Waals surface area (Å²) in [6, 6.07) is 18.3. The van der Waals surface area contributed by atoms with Gasteiger partial charge in [0.05, 0.1) is 11.8 Å². The zero-order valence-electron chi connectivity index (χ0n) is 15.5. The van der Waals surface area contributed by atoms with Crippen molar-refractivity contribution in [2.75, 3.05) is 6.61 Å². The third-order valence-corrected chi connectivity index (χ3v) is 3.97. The average molecular weight is 427 g/mol. The van der Waals surface area contributed by atoms with Crippen molar-refractivity contribution in [2.45, 2.75) is 0 Å². The van der Waals surface area contributed by atoms with E-state index in [0.717, 1.165) is 6.07 Å². The fourth-order valence-corrected chi connectivity index (χ4v) is 2.46. The molecular weight excluding hydrogens is 411 g/mol. The Balaban J connectivity index is 1.51. The number of carbonyl (C=O) groups excluding carboxylic acids is 2. The topological polar surface area (TPSA) is 77.0 Å². The number of halogens is 2. The van der Waals surface area contributed by atoms with Gasteiger partial charge < -0.3 is 9.47 Å². The van der Waals surface area contributed by atoms with Crippen LogP contribution in [0, 0.1) is 5.82 Å². The number of amides is 1. The number of hydrazone groups is 1. The Morgan fingerprint density at radius 2 is 1.77 bits per heavy atom. The molecule has 0 aromatic heterocycles. The monoisotopic (exact) mass is 426 g/mol. The van der Waals surface area contributed by atoms with Crippen LogP contribution in [0.5, 0.6) is 11.5 Å². The molecular formula is C22H16ClFN2O4. The highest BCUT2D eigenvalue weighted by molar-refractivity contribution is 6.30. The molecule has 0 heterocycles. The maximum absolute atomic E-state index is 13.2. The number of nitrogens with one attached hydrogen (secondary N) is 1. The SMILES string of the molecule is O=C(COc1ccc(Cl)cc1)N/N=C/c1cccc(OC(=O)c2cccc(F)c2)c1. The smallest absolute Gasteiger partial charge is 0.343 e. The van der Waals surface area contributed by atoms with Crippen molar-refractivity contribution in [2.24, 2.45) is 5.10 Å². The van der Waals surface area contributed by atoms with Gasteiger partial charge in [0.1, 0.15) is 17.3 Å². The lowest BCUT2D eigenvalue weighted by Gasteiger charge is -2.06. The molecule has 30 heavy (non-hydrogen) atoms. The van der Waals surface area contributed by atoms with E-state index in [1.54, 1.807) is 48.5 Å². The third kappa shape index (κ3) is 6.42. The van der Waals surface area contributed by atoms with Crippen molar-refractivity contribution in [3.63, 3.8) is 0 Å². The van der Waals surface area contributed by atoms with Crippen molar-refractivity contribution in [1.82, 2.24) is 5.43 Å². The second-order valence-electron chi connectivity index (χ2n) is 6.01. The van der Waals surface area contributed by atoms with Crippen molar-refractivity contribution in [3.05, 3.63) is 94.8 Å². The Kier molecular flexibility index (Phi) is 7.13. The van der Waals surface area contributed by atoms with Crippen LogP contribution >= 0.6 is 11.6 Å². The lowest BCUT2D eigenvalue weighted by Crippen LogP contribution is -2.24. The van der Waals surface area contributed by atoms with E-state index in [9.17, 15) is 14.0 Å². The summed E-state index contributed by atoms with van der Waals surface area (Å²) in [6.07, 6.45) is 1.39. The molecule has 0 fully saturated rings. The molecule has 8 heteroatoms. The first-order valence-corrected chi connectivity index (χ1v) is 9.15. The standard InChI is InChI=1S/C22H16ClFN2O4/c23-17-7-9-19(10-8-17)29-14-21(27)26-25-13-15-3-1-6-20(11-15)30-22(28)16-4-2-5-18(24)12-16/h1-13H,14H2,(H,26,27)/b25-13+. The average Bonchev–Trinajstić information content (AvgIpc) is 2.73. The highest BCUT2D eigenvalue weighted by Gasteiger charge is 2.09. The number of nitrogens with zero attached hydrogens (tertiary/aromatic N) is 1. The van der Waals surface area contributed by atoms with Gasteiger partial charge in [-0.3, -0.25) is 4.79 Å². The van der Waals surface area contributed by atoms with Crippen LogP contribution in [0.15, 0.2) is 77.9 Å². The van der Waals surface area contributed by atoms with Crippen molar-refractivity contribution in [1.29, 1.82) is 0 Å². The minimum atomic E-state index is -0.684. The number of hydrogen-bond donors (Lipinski definition) is 1. The third-order valence-electron chi connectivity index (χ3n) is 3.72. The number of esters is 1. The molecule has 0 radical (unpaired) electrons. The first-order valence-electron chi connectivity index (χ1n) is 8.78. The summed E-state index contributed by atoms with van der Waals surface area (Å²) in [5, 5.41) is 4.41. The lowest BCUT2D eigenvalue weighted by molar-refractivity contribution is -0.123. The Bertz CT molecular complexity index is 1070. The molecule has 0 spiro atoms. The summed E-state index contributed by atoms with van der Waals surface area (Å²) in [4.78, 5) is 23.9. The summed E-state index contributed by atoms with van der Waals surface area (Å²) < 4.78 is 23.8. The quantitative estimate of drug-likeness (QED) is 0.265. The molecule has 1 N–H and O–H groups in total. The molecule has 0 aliphatic rings. The number of ether oxygens (including phenoxy) is 2. The highest BCUT2D eigenvalue weighted by atomic mass is 35.5. The zero-order chi connectivity index (χ0) is 21.3. The minimum Gasteiger partial charge on any atom is -0.484 e. The predicted molar refractivity (Wildman–Crippen MR) is 110 cm³/mol. The van der Waals surface area contributed by atoms with E-state index in [-0.39, 0.29) is 17.9 Å². The molecule has 0 unspecified atom stereocenters. The molecule has 0 atom stereocenters. The molecule has 3 rings (SSSR count). The molecule has 0 aliphatic heterocycles. The van der Waals surface area contributed by atoms with Gasteiger partial charge in [-0.1, -0.05) is 29.8 Å². The fourth-order valence-electron chi connectivity index (χ4n) is 2.33. The molecule has 1 amide bonds. The molecule has 0 bridgehead atoms. The molecule has 0 saturated heterocycles. The van der Waals surface area contributed by atoms with Crippen molar-refractivity contribution >= 4 is 29.7 Å². The minimum absolute atomic E-state index is 0.0991. The molecule has 3 aromatic rings. The highest BCUT2D eigenvalue weighted by Crippen LogP contribution is 2.16. The van der Waals surface area contributed by atoms with Gasteiger partial charge in [-0.2, -0.15) is 5.10 Å². The second-order valence-corrected chi connectivity index (χ2v) is 6.44. The lowest BCUT2D eigenvalue weighted by atomic mass is 10.2. The van der Waals surface area contributed by atoms with Crippen LogP contribution in [0.4, 0.5) is 4.39 Å². The largest absolute Gasteiger partial charge is 0.484 e. The zero-order valence-corrected chi connectivity index (χ0v) is 16.3. The first kappa shape index (κ1) is 21.0. The Morgan fingerprint density at radius 1 is 1.00 bits per heavy atom. The fraction of sp³-hybridized carbons (Fsp3) is 0.0455. The number of rotatable bonds is 7. The van der Waals surface area contributed by atoms with E-state index >= 15 is 0 Å². The van der Waals surface area contributed by atoms with E-state index in [2.05, 4.69) is 10.5 Å². The Labute approximate surface area is 176 Å². The molecule has 3 aromatic carbocycles. The van der Waals surface area contributed by atoms with E-state index in [1.807, 2.05) is 0 Å². The molecule has 6 nitrogen and oxygen atoms in total. The summed E-state index contributed by atoms with van der Waals surface area (Å²) >= 11 is 5.78. The molecule has 0 saturated carbocycles. The van der Waals surface area contributed by atoms with E-state index in [1.165, 1.54) is 24.4 Å². The van der Waals surface area contributed by atoms with Gasteiger partial charge in [0.25, 0.3) is 5.91 Å². The Hall–Kier alpha value is -3.71. The number of hydrogen-bond acceptors (Lipinski definition) is 5. The second kappa shape index (κ2) is 10.2. The van der Waals surface area contributed by atoms with Crippen LogP contribution < -0.4 is 14.9 Å². The predicted octanol–water partition coefficient (Wildman–Crippen LogP) is 4.23. The van der Waals surface area contributed by atoms with Crippen LogP contribution in [0.2, 0.25) is 5.02 Å². The van der Waals surface area contributed by atoms with Gasteiger partial charge in [-0.15, -0.1) is 0 Å². The summed E-state index contributed by atoms with van der Waals surface area (Å²) in [5.74, 6) is -0.899. The van der Waals surface area contributed by atoms with Gasteiger partial charge >= 0.3 is 5.97 Å². The first-order chi connectivity index (χ1) is 14.5. The van der Waals surface area contributed by atoms with Gasteiger partial charge in [-0.25, -0.2) is 14.6 Å². The summed E-state index contributed by atoms with van der Waals surface area (Å²) in [6.45, 7) is -0.218. The van der Waals surface area contributed by atoms with Gasteiger partial charge in [0.2, 0.25) is 0 Å². The van der Waals surface area contributed by atoms with E-state index in [0.29, 0.717) is 16.3 Å². The van der Waals surface area contributed by atoms with Crippen LogP contribution in [-0.2, 0) is 4.79 Å². The van der Waals surface area contributed by atoms with Crippen molar-refractivity contribution in [3.8, 4) is 11.5 Å². The van der Waals surface area contributed by atoms with E-state index < -0.39 is 17.7 Å². The molecule has 0 aliphatic carbocycles. The van der Waals surface area contributed by atoms with Crippen molar-refractivity contribution < 1.29 is 23.5 Å². The number of carbonyl (C=O) groups is 2. The number of benzene rings is 3. The van der Waals surface area contributed by atoms with Gasteiger partial charge in [0, 0.05) is 5.02 Å². The maximum Gasteiger partial charge on any atom is 0.343 e. The molecule has 152 valence electrons. The van der Waals surface area contributed by atoms with Crippen LogP contribution in [0.1, 0.15) is 15.9 Å². The van der Waals surface area contributed by atoms with E-state index in [4.69, 9.17) is 21.1 Å². The van der Waals surface area contributed by atoms with Crippen LogP contribution in [0.25, 0.3) is 0 Å². The summed E-state index contributed by atoms with van der Waals surface area (Å²) in [5.41, 5.74) is 3.02. The normalized spacial score (nSPS) is 10.6. The van der Waals surface area contributed by atoms with Crippen LogP contribution in [0.3, 0.4) is 0 Å². The Morgan fingerprint density at radius 3 is 2.53 bits per heavy atom. The summed E-state index contributed by atoms with van der Waals surface area (Å²) in [7, 11) is 0.